The lowest BCUT2D eigenvalue weighted by Gasteiger charge is -2.22. The first-order chi connectivity index (χ1) is 6.54. The third kappa shape index (κ3) is 2.09. The summed E-state index contributed by atoms with van der Waals surface area (Å²) >= 11 is 0. The molecule has 1 heterocycles. The molecule has 0 spiro atoms. The van der Waals surface area contributed by atoms with Crippen molar-refractivity contribution < 1.29 is 4.74 Å². The largest absolute Gasteiger partial charge is 0.490 e. The lowest BCUT2D eigenvalue weighted by Crippen LogP contribution is -2.21. The Bertz CT molecular complexity index is 297. The molecule has 0 radical (unpaired) electrons. The minimum absolute atomic E-state index is 0.354. The Balaban J connectivity index is 2.05. The van der Waals surface area contributed by atoms with E-state index < -0.39 is 0 Å². The van der Waals surface area contributed by atoms with Crippen LogP contribution in [0.4, 0.5) is 0 Å². The van der Waals surface area contributed by atoms with Crippen LogP contribution in [0.1, 0.15) is 32.8 Å². The molecule has 1 heteroatoms. The number of ether oxygens (including phenoxy) is 1. The normalized spacial score (nSPS) is 20.4. The first kappa shape index (κ1) is 9.57. The van der Waals surface area contributed by atoms with Gasteiger partial charge in [0.15, 0.2) is 0 Å². The van der Waals surface area contributed by atoms with Crippen molar-refractivity contribution in [3.63, 3.8) is 0 Å². The summed E-state index contributed by atoms with van der Waals surface area (Å²) in [6, 6.07) is 8.36. The molecule has 2 rings (SSSR count). The predicted octanol–water partition coefficient (Wildman–Crippen LogP) is 3.43. The van der Waals surface area contributed by atoms with Gasteiger partial charge in [0.25, 0.3) is 0 Å². The van der Waals surface area contributed by atoms with Crippen molar-refractivity contribution in [2.75, 3.05) is 0 Å². The second-order valence-electron chi connectivity index (χ2n) is 5.32. The summed E-state index contributed by atoms with van der Waals surface area (Å²) in [7, 11) is 0. The first-order valence-corrected chi connectivity index (χ1v) is 5.29. The summed E-state index contributed by atoms with van der Waals surface area (Å²) in [5.41, 5.74) is 1.72. The Hall–Kier alpha value is -0.980. The predicted molar refractivity (Wildman–Crippen MR) is 58.6 cm³/mol. The molecule has 1 nitrogen and oxygen atoms in total. The van der Waals surface area contributed by atoms with E-state index >= 15 is 0 Å². The standard InChI is InChI=1S/C13H18O/c1-13(2,3)9-11-8-10-6-4-5-7-12(10)14-11/h4-7,11H,8-9H2,1-3H3. The highest BCUT2D eigenvalue weighted by Crippen LogP contribution is 2.33. The van der Waals surface area contributed by atoms with Crippen LogP contribution in [0.25, 0.3) is 0 Å². The Morgan fingerprint density at radius 3 is 2.64 bits per heavy atom. The van der Waals surface area contributed by atoms with Crippen molar-refractivity contribution in [1.82, 2.24) is 0 Å². The van der Waals surface area contributed by atoms with Gasteiger partial charge in [-0.15, -0.1) is 0 Å². The molecule has 0 saturated heterocycles. The summed E-state index contributed by atoms with van der Waals surface area (Å²) in [6.07, 6.45) is 2.59. The monoisotopic (exact) mass is 190 g/mol. The van der Waals surface area contributed by atoms with Crippen molar-refractivity contribution in [3.8, 4) is 5.75 Å². The van der Waals surface area contributed by atoms with Crippen LogP contribution < -0.4 is 4.74 Å². The molecule has 0 N–H and O–H groups in total. The van der Waals surface area contributed by atoms with Gasteiger partial charge in [0.2, 0.25) is 0 Å². The molecule has 1 aliphatic heterocycles. The van der Waals surface area contributed by atoms with E-state index in [1.807, 2.05) is 6.07 Å². The maximum Gasteiger partial charge on any atom is 0.123 e. The molecule has 1 aromatic carbocycles. The first-order valence-electron chi connectivity index (χ1n) is 5.29. The van der Waals surface area contributed by atoms with Crippen molar-refractivity contribution in [1.29, 1.82) is 0 Å². The van der Waals surface area contributed by atoms with Crippen LogP contribution >= 0.6 is 0 Å². The molecule has 76 valence electrons. The lowest BCUT2D eigenvalue weighted by atomic mass is 9.88. The summed E-state index contributed by atoms with van der Waals surface area (Å²) in [4.78, 5) is 0. The molecule has 1 aliphatic rings. The van der Waals surface area contributed by atoms with Crippen LogP contribution in [0.15, 0.2) is 24.3 Å². The molecule has 1 aromatic rings. The molecule has 0 saturated carbocycles. The molecule has 0 fully saturated rings. The second kappa shape index (κ2) is 3.30. The Morgan fingerprint density at radius 1 is 1.29 bits per heavy atom. The number of hydrogen-bond acceptors (Lipinski definition) is 1. The van der Waals surface area contributed by atoms with Crippen LogP contribution in [0.2, 0.25) is 0 Å². The van der Waals surface area contributed by atoms with Crippen molar-refractivity contribution in [3.05, 3.63) is 29.8 Å². The van der Waals surface area contributed by atoms with Gasteiger partial charge in [-0.1, -0.05) is 39.0 Å². The molecule has 0 bridgehead atoms. The number of rotatable bonds is 1. The van der Waals surface area contributed by atoms with Crippen LogP contribution in [0.3, 0.4) is 0 Å². The van der Waals surface area contributed by atoms with Crippen LogP contribution in [0, 0.1) is 5.41 Å². The van der Waals surface area contributed by atoms with Crippen LogP contribution in [-0.2, 0) is 6.42 Å². The quantitative estimate of drug-likeness (QED) is 0.659. The van der Waals surface area contributed by atoms with Crippen LogP contribution in [0.5, 0.6) is 5.75 Å². The second-order valence-corrected chi connectivity index (χ2v) is 5.32. The molecular formula is C13H18O. The summed E-state index contributed by atoms with van der Waals surface area (Å²) in [6.45, 7) is 6.79. The zero-order valence-electron chi connectivity index (χ0n) is 9.21. The average molecular weight is 190 g/mol. The average Bonchev–Trinajstić information content (AvgIpc) is 2.42. The summed E-state index contributed by atoms with van der Waals surface area (Å²) in [5, 5.41) is 0. The Labute approximate surface area is 86.1 Å². The van der Waals surface area contributed by atoms with E-state index in [-0.39, 0.29) is 0 Å². The van der Waals surface area contributed by atoms with Gasteiger partial charge in [-0.3, -0.25) is 0 Å². The van der Waals surface area contributed by atoms with Gasteiger partial charge in [-0.2, -0.15) is 0 Å². The minimum atomic E-state index is 0.354. The summed E-state index contributed by atoms with van der Waals surface area (Å²) < 4.78 is 5.88. The minimum Gasteiger partial charge on any atom is -0.490 e. The molecule has 14 heavy (non-hydrogen) atoms. The van der Waals surface area contributed by atoms with E-state index in [1.165, 1.54) is 5.56 Å². The third-order valence-corrected chi connectivity index (χ3v) is 2.55. The van der Waals surface area contributed by atoms with Gasteiger partial charge < -0.3 is 4.74 Å². The van der Waals surface area contributed by atoms with E-state index in [9.17, 15) is 0 Å². The molecular weight excluding hydrogens is 172 g/mol. The maximum absolute atomic E-state index is 5.88. The zero-order valence-corrected chi connectivity index (χ0v) is 9.21. The Kier molecular flexibility index (Phi) is 2.26. The number of fused-ring (bicyclic) bond motifs is 1. The van der Waals surface area contributed by atoms with E-state index in [0.717, 1.165) is 18.6 Å². The smallest absolute Gasteiger partial charge is 0.123 e. The molecule has 1 unspecified atom stereocenters. The molecule has 0 amide bonds. The topological polar surface area (TPSA) is 9.23 Å². The molecule has 0 aliphatic carbocycles. The van der Waals surface area contributed by atoms with Gasteiger partial charge in [0, 0.05) is 6.42 Å². The summed E-state index contributed by atoms with van der Waals surface area (Å²) in [5.74, 6) is 1.08. The van der Waals surface area contributed by atoms with Crippen LogP contribution in [-0.4, -0.2) is 6.10 Å². The van der Waals surface area contributed by atoms with E-state index in [0.29, 0.717) is 11.5 Å². The van der Waals surface area contributed by atoms with Gasteiger partial charge in [0.05, 0.1) is 0 Å². The molecule has 1 atom stereocenters. The highest BCUT2D eigenvalue weighted by molar-refractivity contribution is 5.37. The maximum atomic E-state index is 5.88. The van der Waals surface area contributed by atoms with Gasteiger partial charge in [-0.25, -0.2) is 0 Å². The number of hydrogen-bond donors (Lipinski definition) is 0. The number of benzene rings is 1. The van der Waals surface area contributed by atoms with E-state index in [2.05, 4.69) is 39.0 Å². The molecule has 0 aromatic heterocycles. The fourth-order valence-electron chi connectivity index (χ4n) is 2.05. The lowest BCUT2D eigenvalue weighted by molar-refractivity contribution is 0.167. The van der Waals surface area contributed by atoms with Gasteiger partial charge in [-0.05, 0) is 23.5 Å². The zero-order chi connectivity index (χ0) is 10.2. The fourth-order valence-corrected chi connectivity index (χ4v) is 2.05. The van der Waals surface area contributed by atoms with E-state index in [4.69, 9.17) is 4.74 Å². The van der Waals surface area contributed by atoms with Crippen molar-refractivity contribution >= 4 is 0 Å². The SMILES string of the molecule is CC(C)(C)CC1Cc2ccccc2O1. The van der Waals surface area contributed by atoms with Gasteiger partial charge >= 0.3 is 0 Å². The number of para-hydroxylation sites is 1. The third-order valence-electron chi connectivity index (χ3n) is 2.55. The van der Waals surface area contributed by atoms with Gasteiger partial charge in [0.1, 0.15) is 11.9 Å². The Morgan fingerprint density at radius 2 is 2.00 bits per heavy atom. The van der Waals surface area contributed by atoms with Crippen molar-refractivity contribution in [2.45, 2.75) is 39.7 Å². The fraction of sp³-hybridized carbons (Fsp3) is 0.538. The van der Waals surface area contributed by atoms with E-state index in [1.54, 1.807) is 0 Å². The highest BCUT2D eigenvalue weighted by atomic mass is 16.5. The van der Waals surface area contributed by atoms with Crippen molar-refractivity contribution in [2.24, 2.45) is 5.41 Å². The highest BCUT2D eigenvalue weighted by Gasteiger charge is 2.26.